The molecule has 120 valence electrons. The predicted octanol–water partition coefficient (Wildman–Crippen LogP) is 1.82. The lowest BCUT2D eigenvalue weighted by molar-refractivity contribution is -0.155. The molecular weight excluding hydrogens is 268 g/mol. The highest BCUT2D eigenvalue weighted by molar-refractivity contribution is 5.85. The number of hydrogen-bond donors (Lipinski definition) is 1. The van der Waals surface area contributed by atoms with Gasteiger partial charge in [-0.2, -0.15) is 0 Å². The van der Waals surface area contributed by atoms with E-state index in [0.29, 0.717) is 12.1 Å². The van der Waals surface area contributed by atoms with Crippen molar-refractivity contribution in [2.24, 2.45) is 11.3 Å². The smallest absolute Gasteiger partial charge is 0.310 e. The Kier molecular flexibility index (Phi) is 4.61. The Bertz CT molecular complexity index is 424. The lowest BCUT2D eigenvalue weighted by atomic mass is 9.76. The molecule has 5 heteroatoms. The van der Waals surface area contributed by atoms with Crippen LogP contribution in [0.2, 0.25) is 0 Å². The Morgan fingerprint density at radius 3 is 2.43 bits per heavy atom. The van der Waals surface area contributed by atoms with Gasteiger partial charge in [0.1, 0.15) is 0 Å². The normalized spacial score (nSPS) is 29.3. The highest BCUT2D eigenvalue weighted by atomic mass is 16.4. The van der Waals surface area contributed by atoms with Gasteiger partial charge >= 0.3 is 5.97 Å². The number of rotatable bonds is 4. The van der Waals surface area contributed by atoms with E-state index in [-0.39, 0.29) is 18.2 Å². The third-order valence-electron chi connectivity index (χ3n) is 5.78. The molecule has 2 bridgehead atoms. The second kappa shape index (κ2) is 5.95. The number of nitrogens with zero attached hydrogens (tertiary/aromatic N) is 2. The maximum Gasteiger partial charge on any atom is 0.310 e. The molecule has 1 N–H and O–H groups in total. The number of hydrogen-bond acceptors (Lipinski definition) is 3. The molecule has 2 aliphatic heterocycles. The molecular formula is C16H28N2O3. The lowest BCUT2D eigenvalue weighted by Gasteiger charge is -2.32. The maximum atomic E-state index is 12.6. The number of likely N-dealkylation sites (tertiary alicyclic amines) is 1. The summed E-state index contributed by atoms with van der Waals surface area (Å²) in [4.78, 5) is 28.4. The standard InChI is InChI=1S/C16H28N2O3/c1-11(2)16(3,15(20)21)9-14(19)18-8-7-12-5-6-13(10-18)17(12)4/h11-13H,5-10H2,1-4H3,(H,20,21). The summed E-state index contributed by atoms with van der Waals surface area (Å²) in [7, 11) is 2.14. The molecule has 0 saturated carbocycles. The van der Waals surface area contributed by atoms with Crippen LogP contribution in [0, 0.1) is 11.3 Å². The van der Waals surface area contributed by atoms with Crippen LogP contribution in [0.1, 0.15) is 46.5 Å². The zero-order valence-corrected chi connectivity index (χ0v) is 13.6. The molecule has 0 spiro atoms. The van der Waals surface area contributed by atoms with Gasteiger partial charge in [-0.3, -0.25) is 14.5 Å². The summed E-state index contributed by atoms with van der Waals surface area (Å²) in [5, 5.41) is 9.47. The van der Waals surface area contributed by atoms with Crippen molar-refractivity contribution in [3.05, 3.63) is 0 Å². The van der Waals surface area contributed by atoms with E-state index in [2.05, 4.69) is 11.9 Å². The van der Waals surface area contributed by atoms with Crippen molar-refractivity contribution < 1.29 is 14.7 Å². The van der Waals surface area contributed by atoms with Crippen LogP contribution in [0.15, 0.2) is 0 Å². The molecule has 3 atom stereocenters. The molecule has 0 aromatic carbocycles. The van der Waals surface area contributed by atoms with Gasteiger partial charge in [0, 0.05) is 31.6 Å². The third kappa shape index (κ3) is 3.07. The predicted molar refractivity (Wildman–Crippen MR) is 81.0 cm³/mol. The Morgan fingerprint density at radius 2 is 1.86 bits per heavy atom. The van der Waals surface area contributed by atoms with Crippen molar-refractivity contribution in [1.82, 2.24) is 9.80 Å². The second-order valence-corrected chi connectivity index (χ2v) is 7.23. The summed E-state index contributed by atoms with van der Waals surface area (Å²) >= 11 is 0. The Hall–Kier alpha value is -1.10. The summed E-state index contributed by atoms with van der Waals surface area (Å²) in [5.41, 5.74) is -0.978. The molecule has 0 aromatic rings. The van der Waals surface area contributed by atoms with E-state index in [9.17, 15) is 14.7 Å². The third-order valence-corrected chi connectivity index (χ3v) is 5.78. The van der Waals surface area contributed by atoms with E-state index in [1.54, 1.807) is 6.92 Å². The maximum absolute atomic E-state index is 12.6. The molecule has 2 rings (SSSR count). The first-order chi connectivity index (χ1) is 9.75. The fourth-order valence-electron chi connectivity index (χ4n) is 3.49. The number of carboxylic acids is 1. The van der Waals surface area contributed by atoms with Crippen LogP contribution in [0.25, 0.3) is 0 Å². The summed E-state index contributed by atoms with van der Waals surface area (Å²) in [6.45, 7) is 6.95. The number of fused-ring (bicyclic) bond motifs is 2. The van der Waals surface area contributed by atoms with Gasteiger partial charge in [-0.05, 0) is 39.2 Å². The quantitative estimate of drug-likeness (QED) is 0.859. The second-order valence-electron chi connectivity index (χ2n) is 7.23. The fraction of sp³-hybridized carbons (Fsp3) is 0.875. The van der Waals surface area contributed by atoms with Crippen LogP contribution >= 0.6 is 0 Å². The highest BCUT2D eigenvalue weighted by Gasteiger charge is 2.42. The SMILES string of the molecule is CC(C)C(C)(CC(=O)N1CCC2CCC(C1)N2C)C(=O)O. The molecule has 3 unspecified atom stereocenters. The largest absolute Gasteiger partial charge is 0.481 e. The first-order valence-corrected chi connectivity index (χ1v) is 7.99. The summed E-state index contributed by atoms with van der Waals surface area (Å²) in [6, 6.07) is 1.03. The van der Waals surface area contributed by atoms with Crippen molar-refractivity contribution in [2.45, 2.75) is 58.5 Å². The van der Waals surface area contributed by atoms with Crippen molar-refractivity contribution in [1.29, 1.82) is 0 Å². The number of carbonyl (C=O) groups excluding carboxylic acids is 1. The molecule has 2 heterocycles. The molecule has 0 aromatic heterocycles. The number of likely N-dealkylation sites (N-methyl/N-ethyl adjacent to an activating group) is 1. The molecule has 2 saturated heterocycles. The van der Waals surface area contributed by atoms with E-state index >= 15 is 0 Å². The number of carbonyl (C=O) groups is 2. The van der Waals surface area contributed by atoms with Crippen LogP contribution in [0.3, 0.4) is 0 Å². The summed E-state index contributed by atoms with van der Waals surface area (Å²) < 4.78 is 0. The van der Waals surface area contributed by atoms with E-state index in [1.165, 1.54) is 6.42 Å². The zero-order valence-electron chi connectivity index (χ0n) is 13.6. The fourth-order valence-corrected chi connectivity index (χ4v) is 3.49. The van der Waals surface area contributed by atoms with Gasteiger partial charge in [0.2, 0.25) is 5.91 Å². The lowest BCUT2D eigenvalue weighted by Crippen LogP contribution is -2.44. The minimum atomic E-state index is -0.978. The number of carboxylic acid groups (broad SMARTS) is 1. The van der Waals surface area contributed by atoms with Crippen LogP contribution < -0.4 is 0 Å². The van der Waals surface area contributed by atoms with Crippen molar-refractivity contribution in [3.8, 4) is 0 Å². The Labute approximate surface area is 127 Å². The minimum Gasteiger partial charge on any atom is -0.481 e. The van der Waals surface area contributed by atoms with Crippen LogP contribution in [-0.4, -0.2) is 59.0 Å². The van der Waals surface area contributed by atoms with Gasteiger partial charge in [0.25, 0.3) is 0 Å². The monoisotopic (exact) mass is 296 g/mol. The van der Waals surface area contributed by atoms with Gasteiger partial charge in [0.05, 0.1) is 5.41 Å². The number of aliphatic carboxylic acids is 1. The van der Waals surface area contributed by atoms with E-state index in [4.69, 9.17) is 0 Å². The number of amides is 1. The molecule has 0 radical (unpaired) electrons. The van der Waals surface area contributed by atoms with E-state index in [1.807, 2.05) is 18.7 Å². The Morgan fingerprint density at radius 1 is 1.24 bits per heavy atom. The minimum absolute atomic E-state index is 0.00505. The van der Waals surface area contributed by atoms with Crippen molar-refractivity contribution >= 4 is 11.9 Å². The average molecular weight is 296 g/mol. The topological polar surface area (TPSA) is 60.9 Å². The molecule has 2 aliphatic rings. The van der Waals surface area contributed by atoms with E-state index < -0.39 is 11.4 Å². The van der Waals surface area contributed by atoms with Crippen LogP contribution in [0.5, 0.6) is 0 Å². The molecule has 0 aliphatic carbocycles. The average Bonchev–Trinajstić information content (AvgIpc) is 2.62. The van der Waals surface area contributed by atoms with Crippen molar-refractivity contribution in [3.63, 3.8) is 0 Å². The van der Waals surface area contributed by atoms with Gasteiger partial charge in [-0.25, -0.2) is 0 Å². The van der Waals surface area contributed by atoms with Crippen LogP contribution in [-0.2, 0) is 9.59 Å². The zero-order chi connectivity index (χ0) is 15.8. The molecule has 21 heavy (non-hydrogen) atoms. The van der Waals surface area contributed by atoms with Crippen molar-refractivity contribution in [2.75, 3.05) is 20.1 Å². The van der Waals surface area contributed by atoms with Gasteiger partial charge in [-0.1, -0.05) is 13.8 Å². The first kappa shape index (κ1) is 16.3. The summed E-state index contributed by atoms with van der Waals surface area (Å²) in [5.74, 6) is -0.945. The summed E-state index contributed by atoms with van der Waals surface area (Å²) in [6.07, 6.45) is 3.47. The highest BCUT2D eigenvalue weighted by Crippen LogP contribution is 2.34. The molecule has 2 fully saturated rings. The van der Waals surface area contributed by atoms with Gasteiger partial charge < -0.3 is 10.0 Å². The van der Waals surface area contributed by atoms with E-state index in [0.717, 1.165) is 25.9 Å². The Balaban J connectivity index is 2.05. The van der Waals surface area contributed by atoms with Gasteiger partial charge in [-0.15, -0.1) is 0 Å². The van der Waals surface area contributed by atoms with Gasteiger partial charge in [0.15, 0.2) is 0 Å². The molecule has 1 amide bonds. The first-order valence-electron chi connectivity index (χ1n) is 7.99. The van der Waals surface area contributed by atoms with Crippen LogP contribution in [0.4, 0.5) is 0 Å². The molecule has 5 nitrogen and oxygen atoms in total.